The van der Waals surface area contributed by atoms with E-state index in [-0.39, 0.29) is 24.0 Å². The maximum atomic E-state index is 12.3. The molecule has 3 N–H and O–H groups in total. The molecule has 0 radical (unpaired) electrons. The molecule has 0 saturated carbocycles. The molecule has 1 unspecified atom stereocenters. The van der Waals surface area contributed by atoms with Crippen LogP contribution < -0.4 is 10.6 Å². The molecule has 1 amide bonds. The Bertz CT molecular complexity index is 1030. The van der Waals surface area contributed by atoms with E-state index in [1.165, 1.54) is 14.2 Å². The largest absolute Gasteiger partial charge is 0.508 e. The van der Waals surface area contributed by atoms with E-state index in [2.05, 4.69) is 15.8 Å². The fraction of sp³-hybridized carbons (Fsp3) is 0.217. The predicted octanol–water partition coefficient (Wildman–Crippen LogP) is 3.18. The molecule has 7 nitrogen and oxygen atoms in total. The van der Waals surface area contributed by atoms with Crippen molar-refractivity contribution >= 4 is 23.2 Å². The normalized spacial score (nSPS) is 18.2. The second-order valence-corrected chi connectivity index (χ2v) is 7.25. The Balaban J connectivity index is 1.91. The lowest BCUT2D eigenvalue weighted by Gasteiger charge is -2.36. The van der Waals surface area contributed by atoms with Crippen molar-refractivity contribution in [3.8, 4) is 5.75 Å². The molecule has 0 spiro atoms. The maximum Gasteiger partial charge on any atom is 0.273 e. The number of rotatable bonds is 8. The molecule has 1 aliphatic rings. The van der Waals surface area contributed by atoms with Gasteiger partial charge in [0.15, 0.2) is 11.4 Å². The van der Waals surface area contributed by atoms with Crippen LogP contribution in [0.15, 0.2) is 77.1 Å². The zero-order chi connectivity index (χ0) is 22.3. The fourth-order valence-electron chi connectivity index (χ4n) is 3.27. The van der Waals surface area contributed by atoms with Crippen LogP contribution in [0.5, 0.6) is 5.75 Å². The number of likely N-dealkylation sites (N-methyl/N-ethyl adjacent to an activating group) is 1. The summed E-state index contributed by atoms with van der Waals surface area (Å²) in [6.07, 6.45) is 5.67. The second-order valence-electron chi connectivity index (χ2n) is 6.84. The van der Waals surface area contributed by atoms with Gasteiger partial charge >= 0.3 is 0 Å². The van der Waals surface area contributed by atoms with Crippen molar-refractivity contribution in [3.63, 3.8) is 0 Å². The number of aromatic hydroxyl groups is 1. The smallest absolute Gasteiger partial charge is 0.273 e. The third-order valence-electron chi connectivity index (χ3n) is 4.78. The van der Waals surface area contributed by atoms with Gasteiger partial charge in [0, 0.05) is 19.0 Å². The van der Waals surface area contributed by atoms with Crippen LogP contribution in [0.3, 0.4) is 0 Å². The molecule has 2 aromatic rings. The summed E-state index contributed by atoms with van der Waals surface area (Å²) in [5, 5.41) is 20.0. The number of phenols is 1. The van der Waals surface area contributed by atoms with Crippen molar-refractivity contribution in [3.05, 3.63) is 88.6 Å². The van der Waals surface area contributed by atoms with E-state index >= 15 is 0 Å². The zero-order valence-electron chi connectivity index (χ0n) is 17.3. The first-order valence-corrected chi connectivity index (χ1v) is 10.0. The number of halogens is 1. The van der Waals surface area contributed by atoms with Crippen molar-refractivity contribution < 1.29 is 19.5 Å². The highest BCUT2D eigenvalue weighted by molar-refractivity contribution is 6.45. The third-order valence-corrected chi connectivity index (χ3v) is 5.21. The fourth-order valence-corrected chi connectivity index (χ4v) is 3.52. The van der Waals surface area contributed by atoms with Gasteiger partial charge in [0.05, 0.1) is 11.6 Å². The van der Waals surface area contributed by atoms with Crippen LogP contribution >= 0.6 is 11.6 Å². The van der Waals surface area contributed by atoms with E-state index < -0.39 is 5.72 Å². The van der Waals surface area contributed by atoms with Crippen LogP contribution in [-0.2, 0) is 27.4 Å². The highest BCUT2D eigenvalue weighted by atomic mass is 35.5. The summed E-state index contributed by atoms with van der Waals surface area (Å²) in [7, 11) is 2.91. The minimum absolute atomic E-state index is 0.139. The average molecular weight is 442 g/mol. The van der Waals surface area contributed by atoms with Crippen molar-refractivity contribution in [2.75, 3.05) is 14.2 Å². The number of amides is 1. The van der Waals surface area contributed by atoms with Crippen LogP contribution in [0.4, 0.5) is 0 Å². The van der Waals surface area contributed by atoms with E-state index in [0.29, 0.717) is 17.0 Å². The highest BCUT2D eigenvalue weighted by Crippen LogP contribution is 2.31. The summed E-state index contributed by atoms with van der Waals surface area (Å²) in [5.74, 6) is -0.212. The molecule has 162 valence electrons. The molecule has 0 aromatic heterocycles. The maximum absolute atomic E-state index is 12.3. The predicted molar refractivity (Wildman–Crippen MR) is 120 cm³/mol. The van der Waals surface area contributed by atoms with Crippen molar-refractivity contribution in [1.82, 2.24) is 10.6 Å². The van der Waals surface area contributed by atoms with Gasteiger partial charge in [0.2, 0.25) is 0 Å². The number of carbonyl (C=O) groups is 1. The lowest BCUT2D eigenvalue weighted by Crippen LogP contribution is -2.48. The van der Waals surface area contributed by atoms with Gasteiger partial charge in [-0.1, -0.05) is 53.2 Å². The van der Waals surface area contributed by atoms with Crippen LogP contribution in [-0.4, -0.2) is 36.6 Å². The number of dihydropyridines is 1. The summed E-state index contributed by atoms with van der Waals surface area (Å²) >= 11 is 6.57. The Kier molecular flexibility index (Phi) is 7.33. The van der Waals surface area contributed by atoms with Crippen molar-refractivity contribution in [2.24, 2.45) is 5.16 Å². The van der Waals surface area contributed by atoms with Gasteiger partial charge in [0.25, 0.3) is 5.91 Å². The SMILES string of the molecule is CNC(=O)C(=NOC)c1ccccc1COC1(Cc2cccc(O)c2)NC=CC=C1Cl. The molecule has 8 heteroatoms. The number of phenolic OH excluding ortho intramolecular Hbond substituents is 1. The number of nitrogens with one attached hydrogen (secondary N) is 2. The molecule has 31 heavy (non-hydrogen) atoms. The van der Waals surface area contributed by atoms with Gasteiger partial charge in [-0.25, -0.2) is 0 Å². The number of allylic oxidation sites excluding steroid dienone is 2. The summed E-state index contributed by atoms with van der Waals surface area (Å²) in [4.78, 5) is 17.2. The first-order valence-electron chi connectivity index (χ1n) is 9.63. The van der Waals surface area contributed by atoms with E-state index in [0.717, 1.165) is 11.1 Å². The van der Waals surface area contributed by atoms with E-state index in [1.54, 1.807) is 42.6 Å². The number of ether oxygens (including phenoxy) is 1. The lowest BCUT2D eigenvalue weighted by atomic mass is 9.99. The van der Waals surface area contributed by atoms with Gasteiger partial charge < -0.3 is 25.3 Å². The van der Waals surface area contributed by atoms with Crippen LogP contribution in [0.25, 0.3) is 0 Å². The first kappa shape index (κ1) is 22.4. The molecule has 0 saturated heterocycles. The molecule has 0 aliphatic carbocycles. The topological polar surface area (TPSA) is 92.2 Å². The Labute approximate surface area is 186 Å². The lowest BCUT2D eigenvalue weighted by molar-refractivity contribution is -0.114. The molecule has 3 rings (SSSR count). The molecular weight excluding hydrogens is 418 g/mol. The minimum Gasteiger partial charge on any atom is -0.508 e. The number of hydrogen-bond donors (Lipinski definition) is 3. The molecule has 0 bridgehead atoms. The Morgan fingerprint density at radius 3 is 2.77 bits per heavy atom. The standard InChI is InChI=1S/C23H24ClN3O4/c1-25-22(29)21(27-30-2)19-10-4-3-8-17(19)15-31-23(20(24)11-6-12-26-23)14-16-7-5-9-18(28)13-16/h3-13,26,28H,14-15H2,1-2H3,(H,25,29). The Morgan fingerprint density at radius 1 is 1.26 bits per heavy atom. The Morgan fingerprint density at radius 2 is 2.06 bits per heavy atom. The van der Waals surface area contributed by atoms with Gasteiger partial charge in [-0.15, -0.1) is 0 Å². The van der Waals surface area contributed by atoms with E-state index in [4.69, 9.17) is 21.2 Å². The quantitative estimate of drug-likeness (QED) is 0.432. The summed E-state index contributed by atoms with van der Waals surface area (Å²) in [5.41, 5.74) is 1.27. The minimum atomic E-state index is -1.04. The number of carbonyl (C=O) groups excluding carboxylic acids is 1. The molecule has 2 aromatic carbocycles. The summed E-state index contributed by atoms with van der Waals surface area (Å²) in [6, 6.07) is 14.2. The summed E-state index contributed by atoms with van der Waals surface area (Å²) in [6.45, 7) is 0.139. The van der Waals surface area contributed by atoms with Crippen LogP contribution in [0, 0.1) is 0 Å². The van der Waals surface area contributed by atoms with Gasteiger partial charge in [-0.3, -0.25) is 4.79 Å². The zero-order valence-corrected chi connectivity index (χ0v) is 18.0. The van der Waals surface area contributed by atoms with E-state index in [9.17, 15) is 9.90 Å². The number of oxime groups is 1. The average Bonchev–Trinajstić information content (AvgIpc) is 2.78. The Hall–Kier alpha value is -3.29. The molecule has 1 atom stereocenters. The second kappa shape index (κ2) is 10.1. The van der Waals surface area contributed by atoms with Gasteiger partial charge in [-0.2, -0.15) is 0 Å². The van der Waals surface area contributed by atoms with E-state index in [1.807, 2.05) is 24.3 Å². The first-order chi connectivity index (χ1) is 15.0. The highest BCUT2D eigenvalue weighted by Gasteiger charge is 2.36. The van der Waals surface area contributed by atoms with Crippen LogP contribution in [0.2, 0.25) is 0 Å². The molecular formula is C23H24ClN3O4. The van der Waals surface area contributed by atoms with Gasteiger partial charge in [-0.05, 0) is 41.6 Å². The summed E-state index contributed by atoms with van der Waals surface area (Å²) < 4.78 is 6.32. The number of nitrogens with zero attached hydrogens (tertiary/aromatic N) is 1. The van der Waals surface area contributed by atoms with Gasteiger partial charge in [0.1, 0.15) is 12.9 Å². The van der Waals surface area contributed by atoms with Crippen molar-refractivity contribution in [2.45, 2.75) is 18.8 Å². The monoisotopic (exact) mass is 441 g/mol. The number of benzene rings is 2. The third kappa shape index (κ3) is 5.25. The molecule has 1 aliphatic heterocycles. The molecule has 0 fully saturated rings. The van der Waals surface area contributed by atoms with Crippen LogP contribution in [0.1, 0.15) is 16.7 Å². The van der Waals surface area contributed by atoms with Crippen molar-refractivity contribution in [1.29, 1.82) is 0 Å². The molecule has 1 heterocycles. The number of hydrogen-bond acceptors (Lipinski definition) is 6.